The van der Waals surface area contributed by atoms with Gasteiger partial charge in [-0.15, -0.1) is 11.3 Å². The number of carbonyl (C=O) groups excluding carboxylic acids is 2. The van der Waals surface area contributed by atoms with Crippen LogP contribution in [0.25, 0.3) is 17.5 Å². The summed E-state index contributed by atoms with van der Waals surface area (Å²) >= 11 is 0.905. The Bertz CT molecular complexity index is 1640. The molecule has 0 fully saturated rings. The maximum absolute atomic E-state index is 13.8. The van der Waals surface area contributed by atoms with E-state index in [1.165, 1.54) is 21.3 Å². The highest BCUT2D eigenvalue weighted by molar-refractivity contribution is 7.07. The van der Waals surface area contributed by atoms with Crippen molar-refractivity contribution in [2.75, 3.05) is 26.6 Å². The smallest absolute Gasteiger partial charge is 0.332 e. The molecule has 0 aliphatic carbocycles. The predicted octanol–water partition coefficient (Wildman–Crippen LogP) is 1.12. The highest BCUT2D eigenvalue weighted by Gasteiger charge is 2.36. The molecule has 1 unspecified atom stereocenters. The van der Waals surface area contributed by atoms with Crippen LogP contribution in [-0.2, 0) is 14.3 Å². The zero-order valence-electron chi connectivity index (χ0n) is 20.1. The van der Waals surface area contributed by atoms with Gasteiger partial charge in [0, 0.05) is 11.8 Å². The Morgan fingerprint density at radius 1 is 1.11 bits per heavy atom. The number of methoxy groups -OCH3 is 3. The predicted molar refractivity (Wildman–Crippen MR) is 138 cm³/mol. The molecule has 3 N–H and O–H groups in total. The number of hydrogen-bond acceptors (Lipinski definition) is 9. The summed E-state index contributed by atoms with van der Waals surface area (Å²) in [6.07, 6.45) is 1.02. The van der Waals surface area contributed by atoms with Crippen molar-refractivity contribution >= 4 is 46.4 Å². The number of nitrogens with two attached hydrogens (primary N) is 1. The Hall–Kier alpha value is -4.82. The molecule has 3 aromatic rings. The van der Waals surface area contributed by atoms with Crippen LogP contribution >= 0.6 is 11.3 Å². The molecule has 0 saturated heterocycles. The summed E-state index contributed by atoms with van der Waals surface area (Å²) in [6.45, 7) is 0. The molecular weight excluding hydrogens is 496 g/mol. The summed E-state index contributed by atoms with van der Waals surface area (Å²) in [6, 6.07) is 15.6. The van der Waals surface area contributed by atoms with Crippen LogP contribution in [0.4, 0.5) is 5.69 Å². The monoisotopic (exact) mass is 518 g/mol. The lowest BCUT2D eigenvalue weighted by Gasteiger charge is -2.25. The number of aromatic nitrogens is 1. The third-order valence-corrected chi connectivity index (χ3v) is 6.85. The number of anilines is 1. The number of thiazole rings is 1. The molecule has 188 valence electrons. The molecule has 1 aliphatic rings. The van der Waals surface area contributed by atoms with Gasteiger partial charge < -0.3 is 25.3 Å². The fourth-order valence-electron chi connectivity index (χ4n) is 3.96. The van der Waals surface area contributed by atoms with E-state index in [0.29, 0.717) is 22.7 Å². The van der Waals surface area contributed by atoms with Crippen LogP contribution < -0.4 is 35.3 Å². The molecule has 0 bridgehead atoms. The first-order chi connectivity index (χ1) is 17.8. The Labute approximate surface area is 215 Å². The number of carbonyl (C=O) groups is 2. The summed E-state index contributed by atoms with van der Waals surface area (Å²) < 4.78 is 16.4. The van der Waals surface area contributed by atoms with Gasteiger partial charge in [0.25, 0.3) is 11.5 Å². The number of amides is 1. The number of benzene rings is 2. The minimum Gasteiger partial charge on any atom is -0.497 e. The SMILES string of the molecule is COC(=O)C=c1sc2n(c1=O)C(N)=C(C#N)C(c1cccc(OC)c1)C=2C(=O)Nc1ccc(OC)cc1. The van der Waals surface area contributed by atoms with Crippen molar-refractivity contribution in [2.24, 2.45) is 5.73 Å². The quantitative estimate of drug-likeness (QED) is 0.462. The number of nitrogens with one attached hydrogen (secondary N) is 1. The van der Waals surface area contributed by atoms with Crippen molar-refractivity contribution in [2.45, 2.75) is 5.92 Å². The molecule has 1 aromatic heterocycles. The third-order valence-electron chi connectivity index (χ3n) is 5.74. The van der Waals surface area contributed by atoms with Gasteiger partial charge in [-0.25, -0.2) is 4.79 Å². The number of esters is 1. The Morgan fingerprint density at radius 2 is 1.81 bits per heavy atom. The number of allylic oxidation sites excluding steroid dienone is 1. The van der Waals surface area contributed by atoms with Crippen LogP contribution in [-0.4, -0.2) is 37.8 Å². The molecule has 0 radical (unpaired) electrons. The van der Waals surface area contributed by atoms with Crippen LogP contribution in [0.2, 0.25) is 0 Å². The van der Waals surface area contributed by atoms with Crippen LogP contribution in [0, 0.1) is 11.3 Å². The van der Waals surface area contributed by atoms with E-state index in [9.17, 15) is 19.6 Å². The molecule has 10 nitrogen and oxygen atoms in total. The average molecular weight is 519 g/mol. The van der Waals surface area contributed by atoms with Crippen molar-refractivity contribution in [3.63, 3.8) is 0 Å². The van der Waals surface area contributed by atoms with Gasteiger partial charge in [0.1, 0.15) is 26.5 Å². The van der Waals surface area contributed by atoms with Crippen molar-refractivity contribution in [3.8, 4) is 17.6 Å². The average Bonchev–Trinajstić information content (AvgIpc) is 3.24. The Morgan fingerprint density at radius 3 is 2.43 bits per heavy atom. The maximum Gasteiger partial charge on any atom is 0.332 e. The maximum atomic E-state index is 13.8. The molecular formula is C26H22N4O6S. The lowest BCUT2D eigenvalue weighted by atomic mass is 9.83. The summed E-state index contributed by atoms with van der Waals surface area (Å²) in [4.78, 5) is 38.9. The summed E-state index contributed by atoms with van der Waals surface area (Å²) in [7, 11) is 4.22. The van der Waals surface area contributed by atoms with Gasteiger partial charge in [0.2, 0.25) is 0 Å². The van der Waals surface area contributed by atoms with Crippen molar-refractivity contribution in [3.05, 3.63) is 79.2 Å². The number of ether oxygens (including phenoxy) is 3. The number of rotatable bonds is 6. The van der Waals surface area contributed by atoms with Crippen molar-refractivity contribution in [1.82, 2.24) is 4.57 Å². The second-order valence-corrected chi connectivity index (χ2v) is 8.83. The molecule has 37 heavy (non-hydrogen) atoms. The van der Waals surface area contributed by atoms with Gasteiger partial charge >= 0.3 is 5.97 Å². The first-order valence-corrected chi connectivity index (χ1v) is 11.7. The molecule has 1 aliphatic heterocycles. The lowest BCUT2D eigenvalue weighted by Crippen LogP contribution is -2.40. The zero-order chi connectivity index (χ0) is 26.7. The van der Waals surface area contributed by atoms with E-state index in [0.717, 1.165) is 22.0 Å². The third kappa shape index (κ3) is 4.70. The van der Waals surface area contributed by atoms with E-state index >= 15 is 0 Å². The summed E-state index contributed by atoms with van der Waals surface area (Å²) in [5, 5.41) is 12.9. The first-order valence-electron chi connectivity index (χ1n) is 10.9. The van der Waals surface area contributed by atoms with Gasteiger partial charge in [-0.3, -0.25) is 14.2 Å². The van der Waals surface area contributed by atoms with Crippen LogP contribution in [0.5, 0.6) is 11.5 Å². The van der Waals surface area contributed by atoms with E-state index in [2.05, 4.69) is 16.1 Å². The fourth-order valence-corrected chi connectivity index (χ4v) is 5.10. The molecule has 0 spiro atoms. The highest BCUT2D eigenvalue weighted by atomic mass is 32.1. The van der Waals surface area contributed by atoms with E-state index in [4.69, 9.17) is 15.2 Å². The van der Waals surface area contributed by atoms with Gasteiger partial charge in [0.15, 0.2) is 0 Å². The molecule has 2 heterocycles. The van der Waals surface area contributed by atoms with Gasteiger partial charge in [-0.05, 0) is 42.0 Å². The van der Waals surface area contributed by atoms with E-state index in [1.54, 1.807) is 48.5 Å². The zero-order valence-corrected chi connectivity index (χ0v) is 20.9. The number of fused-ring (bicyclic) bond motifs is 1. The molecule has 11 heteroatoms. The van der Waals surface area contributed by atoms with Gasteiger partial charge in [-0.1, -0.05) is 12.1 Å². The number of nitrogens with zero attached hydrogens (tertiary/aromatic N) is 2. The molecule has 1 amide bonds. The number of nitriles is 1. The van der Waals surface area contributed by atoms with E-state index in [1.807, 2.05) is 0 Å². The van der Waals surface area contributed by atoms with Crippen molar-refractivity contribution < 1.29 is 23.8 Å². The second-order valence-electron chi connectivity index (χ2n) is 7.80. The second kappa shape index (κ2) is 10.4. The molecule has 1 atom stereocenters. The fraction of sp³-hybridized carbons (Fsp3) is 0.154. The van der Waals surface area contributed by atoms with E-state index in [-0.39, 0.29) is 26.2 Å². The lowest BCUT2D eigenvalue weighted by molar-refractivity contribution is -0.133. The number of hydrogen-bond donors (Lipinski definition) is 2. The van der Waals surface area contributed by atoms with Crippen LogP contribution in [0.3, 0.4) is 0 Å². The topological polar surface area (TPSA) is 146 Å². The highest BCUT2D eigenvalue weighted by Crippen LogP contribution is 2.37. The minimum absolute atomic E-state index is 0.00290. The minimum atomic E-state index is -0.914. The van der Waals surface area contributed by atoms with Crippen LogP contribution in [0.1, 0.15) is 11.5 Å². The largest absolute Gasteiger partial charge is 0.497 e. The summed E-state index contributed by atoms with van der Waals surface area (Å²) in [5.74, 6) is -1.22. The standard InChI is InChI=1S/C26H22N4O6S/c1-34-16-9-7-15(8-10-16)29-24(32)22-21(14-5-4-6-17(11-14)35-2)18(13-27)23(28)30-25(33)19(37-26(22)30)12-20(31)36-3/h4-12,21H,28H2,1-3H3,(H,29,32). The van der Waals surface area contributed by atoms with E-state index < -0.39 is 23.4 Å². The molecule has 2 aromatic carbocycles. The summed E-state index contributed by atoms with van der Waals surface area (Å²) in [5.41, 5.74) is 6.83. The molecule has 4 rings (SSSR count). The van der Waals surface area contributed by atoms with Gasteiger partial charge in [-0.2, -0.15) is 5.26 Å². The first kappa shape index (κ1) is 25.3. The Balaban J connectivity index is 2.02. The Kier molecular flexibility index (Phi) is 7.13. The van der Waals surface area contributed by atoms with Crippen LogP contribution in [0.15, 0.2) is 58.9 Å². The van der Waals surface area contributed by atoms with Gasteiger partial charge in [0.05, 0.1) is 44.5 Å². The van der Waals surface area contributed by atoms with Crippen molar-refractivity contribution in [1.29, 1.82) is 5.26 Å². The normalized spacial score (nSPS) is 15.0. The molecule has 0 saturated carbocycles.